The van der Waals surface area contributed by atoms with E-state index in [0.29, 0.717) is 30.7 Å². The van der Waals surface area contributed by atoms with Crippen LogP contribution < -0.4 is 4.90 Å². The Morgan fingerprint density at radius 2 is 1.80 bits per heavy atom. The normalized spacial score (nSPS) is 26.0. The van der Waals surface area contributed by atoms with Crippen LogP contribution in [0.5, 0.6) is 0 Å². The number of hydrogen-bond acceptors (Lipinski definition) is 3. The van der Waals surface area contributed by atoms with Crippen molar-refractivity contribution in [3.05, 3.63) is 36.5 Å². The maximum Gasteiger partial charge on any atom is 0.137 e. The number of carbonyl (C=O) groups excluding carboxylic acids is 1. The van der Waals surface area contributed by atoms with E-state index in [1.54, 1.807) is 0 Å². The van der Waals surface area contributed by atoms with Crippen molar-refractivity contribution < 1.29 is 4.79 Å². The van der Waals surface area contributed by atoms with Crippen LogP contribution in [0, 0.1) is 0 Å². The third-order valence-electron chi connectivity index (χ3n) is 4.68. The summed E-state index contributed by atoms with van der Waals surface area (Å²) < 4.78 is 0. The lowest BCUT2D eigenvalue weighted by Gasteiger charge is -2.47. The van der Waals surface area contributed by atoms with Crippen LogP contribution in [0.25, 0.3) is 10.9 Å². The number of rotatable bonds is 1. The predicted octanol–water partition coefficient (Wildman–Crippen LogP) is 3.33. The van der Waals surface area contributed by atoms with E-state index in [4.69, 9.17) is 0 Å². The van der Waals surface area contributed by atoms with Crippen LogP contribution in [-0.2, 0) is 4.79 Å². The highest BCUT2D eigenvalue weighted by Crippen LogP contribution is 2.38. The van der Waals surface area contributed by atoms with Crippen LogP contribution in [0.2, 0.25) is 0 Å². The fourth-order valence-corrected chi connectivity index (χ4v) is 3.87. The summed E-state index contributed by atoms with van der Waals surface area (Å²) in [6.45, 7) is 0. The number of hydrogen-bond donors (Lipinski definition) is 0. The largest absolute Gasteiger partial charge is 0.363 e. The number of fused-ring (bicyclic) bond motifs is 3. The Kier molecular flexibility index (Phi) is 2.72. The first-order valence-corrected chi connectivity index (χ1v) is 7.47. The van der Waals surface area contributed by atoms with Gasteiger partial charge in [-0.15, -0.1) is 0 Å². The first kappa shape index (κ1) is 11.9. The Bertz CT molecular complexity index is 646. The molecule has 2 aromatic rings. The molecule has 3 nitrogen and oxygen atoms in total. The number of anilines is 1. The first-order valence-electron chi connectivity index (χ1n) is 7.47. The fourth-order valence-electron chi connectivity index (χ4n) is 3.87. The van der Waals surface area contributed by atoms with Crippen molar-refractivity contribution in [3.63, 3.8) is 0 Å². The smallest absolute Gasteiger partial charge is 0.137 e. The minimum Gasteiger partial charge on any atom is -0.363 e. The fraction of sp³-hybridized carbons (Fsp3) is 0.412. The van der Waals surface area contributed by atoms with Crippen LogP contribution in [0.15, 0.2) is 36.5 Å². The van der Waals surface area contributed by atoms with Crippen molar-refractivity contribution in [1.82, 2.24) is 4.98 Å². The molecule has 3 heteroatoms. The summed E-state index contributed by atoms with van der Waals surface area (Å²) >= 11 is 0. The van der Waals surface area contributed by atoms with Gasteiger partial charge in [0.2, 0.25) is 0 Å². The van der Waals surface area contributed by atoms with Gasteiger partial charge in [-0.25, -0.2) is 0 Å². The average Bonchev–Trinajstić information content (AvgIpc) is 2.46. The van der Waals surface area contributed by atoms with Crippen molar-refractivity contribution in [3.8, 4) is 0 Å². The maximum absolute atomic E-state index is 11.9. The third-order valence-corrected chi connectivity index (χ3v) is 4.68. The van der Waals surface area contributed by atoms with Gasteiger partial charge in [0.25, 0.3) is 0 Å². The molecule has 2 aliphatic heterocycles. The first-order chi connectivity index (χ1) is 9.83. The van der Waals surface area contributed by atoms with Gasteiger partial charge < -0.3 is 4.90 Å². The number of nitrogens with zero attached hydrogens (tertiary/aromatic N) is 2. The molecule has 2 saturated heterocycles. The molecule has 2 aliphatic rings. The molecule has 0 radical (unpaired) electrons. The molecule has 3 heterocycles. The highest BCUT2D eigenvalue weighted by atomic mass is 16.1. The molecular formula is C17H18N2O. The van der Waals surface area contributed by atoms with Crippen LogP contribution >= 0.6 is 0 Å². The standard InChI is InChI=1S/C17H18N2O/c20-15-10-13-6-2-7-14(11-15)19(13)16-8-1-4-12-5-3-9-18-17(12)16/h1,3-5,8-9,13-14H,2,6-7,10-11H2. The van der Waals surface area contributed by atoms with E-state index in [0.717, 1.165) is 18.4 Å². The zero-order chi connectivity index (χ0) is 13.5. The van der Waals surface area contributed by atoms with E-state index in [-0.39, 0.29) is 0 Å². The van der Waals surface area contributed by atoms with Crippen molar-refractivity contribution in [2.45, 2.75) is 44.2 Å². The van der Waals surface area contributed by atoms with Gasteiger partial charge in [0.1, 0.15) is 5.78 Å². The lowest BCUT2D eigenvalue weighted by Crippen LogP contribution is -2.52. The molecule has 1 aromatic heterocycles. The van der Waals surface area contributed by atoms with E-state index in [2.05, 4.69) is 34.1 Å². The van der Waals surface area contributed by atoms with E-state index in [9.17, 15) is 4.79 Å². The average molecular weight is 266 g/mol. The number of piperidine rings is 2. The number of para-hydroxylation sites is 1. The number of ketones is 1. The second kappa shape index (κ2) is 4.58. The number of Topliss-reactive ketones (excluding diaryl/α,β-unsaturated/α-hetero) is 1. The minimum absolute atomic E-state index is 0.377. The van der Waals surface area contributed by atoms with E-state index in [1.807, 2.05) is 12.3 Å². The zero-order valence-corrected chi connectivity index (χ0v) is 11.5. The van der Waals surface area contributed by atoms with Crippen LogP contribution in [0.3, 0.4) is 0 Å². The summed E-state index contributed by atoms with van der Waals surface area (Å²) in [5, 5.41) is 1.18. The van der Waals surface area contributed by atoms with E-state index < -0.39 is 0 Å². The molecule has 4 rings (SSSR count). The lowest BCUT2D eigenvalue weighted by atomic mass is 9.83. The molecule has 2 fully saturated rings. The molecule has 0 spiro atoms. The maximum atomic E-state index is 11.9. The molecule has 2 bridgehead atoms. The molecule has 1 aromatic carbocycles. The summed E-state index contributed by atoms with van der Waals surface area (Å²) in [5.41, 5.74) is 2.28. The summed E-state index contributed by atoms with van der Waals surface area (Å²) in [4.78, 5) is 18.9. The van der Waals surface area contributed by atoms with Crippen molar-refractivity contribution in [1.29, 1.82) is 0 Å². The number of pyridine rings is 1. The Labute approximate surface area is 118 Å². The number of aromatic nitrogens is 1. The van der Waals surface area contributed by atoms with E-state index >= 15 is 0 Å². The summed E-state index contributed by atoms with van der Waals surface area (Å²) in [6.07, 6.45) is 6.78. The van der Waals surface area contributed by atoms with Gasteiger partial charge in [-0.2, -0.15) is 0 Å². The van der Waals surface area contributed by atoms with Crippen LogP contribution in [0.1, 0.15) is 32.1 Å². The van der Waals surface area contributed by atoms with Crippen molar-refractivity contribution in [2.75, 3.05) is 4.90 Å². The summed E-state index contributed by atoms with van der Waals surface area (Å²) in [7, 11) is 0. The Hall–Kier alpha value is -1.90. The van der Waals surface area contributed by atoms with Gasteiger partial charge in [-0.05, 0) is 31.4 Å². The molecule has 0 aliphatic carbocycles. The Morgan fingerprint density at radius 1 is 1.05 bits per heavy atom. The molecule has 0 amide bonds. The van der Waals surface area contributed by atoms with Crippen molar-refractivity contribution >= 4 is 22.4 Å². The second-order valence-corrected chi connectivity index (χ2v) is 5.95. The van der Waals surface area contributed by atoms with Gasteiger partial charge in [0.15, 0.2) is 0 Å². The van der Waals surface area contributed by atoms with Gasteiger partial charge in [-0.1, -0.05) is 18.2 Å². The van der Waals surface area contributed by atoms with Crippen LogP contribution in [0.4, 0.5) is 5.69 Å². The monoisotopic (exact) mass is 266 g/mol. The van der Waals surface area contributed by atoms with Crippen molar-refractivity contribution in [2.24, 2.45) is 0 Å². The Balaban J connectivity index is 1.84. The SMILES string of the molecule is O=C1CC2CCCC(C1)N2c1cccc2cccnc12. The molecule has 2 unspecified atom stereocenters. The lowest BCUT2D eigenvalue weighted by molar-refractivity contribution is -0.121. The molecular weight excluding hydrogens is 248 g/mol. The second-order valence-electron chi connectivity index (χ2n) is 5.95. The molecule has 0 N–H and O–H groups in total. The summed E-state index contributed by atoms with van der Waals surface area (Å²) in [5.74, 6) is 0.434. The highest BCUT2D eigenvalue weighted by Gasteiger charge is 2.38. The van der Waals surface area contributed by atoms with Crippen LogP contribution in [-0.4, -0.2) is 22.9 Å². The summed E-state index contributed by atoms with van der Waals surface area (Å²) in [6, 6.07) is 11.2. The highest BCUT2D eigenvalue weighted by molar-refractivity contribution is 5.92. The number of carbonyl (C=O) groups is 1. The topological polar surface area (TPSA) is 33.2 Å². The quantitative estimate of drug-likeness (QED) is 0.794. The third kappa shape index (κ3) is 1.80. The molecule has 0 saturated carbocycles. The zero-order valence-electron chi connectivity index (χ0n) is 11.5. The van der Waals surface area contributed by atoms with Gasteiger partial charge in [0.05, 0.1) is 11.2 Å². The van der Waals surface area contributed by atoms with E-state index in [1.165, 1.54) is 17.5 Å². The molecule has 2 atom stereocenters. The van der Waals surface area contributed by atoms with Gasteiger partial charge in [-0.3, -0.25) is 9.78 Å². The molecule has 102 valence electrons. The van der Waals surface area contributed by atoms with Gasteiger partial charge in [0, 0.05) is 36.5 Å². The molecule has 20 heavy (non-hydrogen) atoms. The van der Waals surface area contributed by atoms with Gasteiger partial charge >= 0.3 is 0 Å². The predicted molar refractivity (Wildman–Crippen MR) is 79.9 cm³/mol. The minimum atomic E-state index is 0.377. The Morgan fingerprint density at radius 3 is 2.60 bits per heavy atom. The number of benzene rings is 1.